The second kappa shape index (κ2) is 23.5. The number of esters is 1. The van der Waals surface area contributed by atoms with Gasteiger partial charge < -0.3 is 30.9 Å². The number of benzene rings is 2. The zero-order valence-corrected chi connectivity index (χ0v) is 36.4. The summed E-state index contributed by atoms with van der Waals surface area (Å²) in [5.41, 5.74) is 5.43. The summed E-state index contributed by atoms with van der Waals surface area (Å²) in [6.07, 6.45) is 11.3. The lowest BCUT2D eigenvalue weighted by Gasteiger charge is -2.39. The molecule has 0 aromatic heterocycles. The minimum atomic E-state index is -1.16. The first-order chi connectivity index (χ1) is 30.3. The molecule has 1 aliphatic carbocycles. The Balaban J connectivity index is 1.33. The van der Waals surface area contributed by atoms with Gasteiger partial charge in [0.2, 0.25) is 5.91 Å². The summed E-state index contributed by atoms with van der Waals surface area (Å²) in [6.45, 7) is 5.51. The molecule has 2 aliphatic rings. The highest BCUT2D eigenvalue weighted by atomic mass is 16.6. The summed E-state index contributed by atoms with van der Waals surface area (Å²) in [4.78, 5) is 113. The maximum Gasteiger partial charge on any atom is 0.411 e. The van der Waals surface area contributed by atoms with Crippen molar-refractivity contribution in [2.45, 2.75) is 104 Å². The Bertz CT molecular complexity index is 2150. The number of Topliss-reactive ketones (excluding diaryl/α,β-unsaturated/α-hetero) is 2. The van der Waals surface area contributed by atoms with Crippen LogP contribution in [0.1, 0.15) is 108 Å². The summed E-state index contributed by atoms with van der Waals surface area (Å²) in [6, 6.07) is 10.5. The molecule has 1 heterocycles. The third-order valence-electron chi connectivity index (χ3n) is 10.7. The number of urea groups is 1. The Morgan fingerprint density at radius 2 is 1.55 bits per heavy atom. The van der Waals surface area contributed by atoms with E-state index in [1.54, 1.807) is 57.2 Å². The molecule has 0 radical (unpaired) electrons. The number of hydrogen-bond donors (Lipinski definition) is 5. The van der Waals surface area contributed by atoms with Crippen LogP contribution in [0.2, 0.25) is 0 Å². The number of ether oxygens (including phenoxy) is 2. The fourth-order valence-corrected chi connectivity index (χ4v) is 7.16. The second-order valence-corrected chi connectivity index (χ2v) is 16.7. The van der Waals surface area contributed by atoms with Gasteiger partial charge in [0.25, 0.3) is 11.8 Å². The summed E-state index contributed by atoms with van der Waals surface area (Å²) < 4.78 is 10.7. The van der Waals surface area contributed by atoms with Gasteiger partial charge in [-0.3, -0.25) is 34.2 Å². The standard InChI is InChI=1S/C47H57N5O12/c1-46(2,3)64-42(59)23-17-33-16-12-31(15-22-41(57)58)28-36(33)51-45(62)63-30-32-13-18-35(19-14-32)50-43(60)34(10-8-26-49-44(48)61)29-38(54)47(24-9-25-47)37(53)11-6-4-5-7-27-52-39(55)20-21-40(52)56/h12-23,28,34H,4-11,24-27,29-30H2,1-3H3,(H,50,60)(H,51,62)(H,57,58)(H3,48,49,61)/b22-15+,23-17+/t34-/m1/s1. The van der Waals surface area contributed by atoms with E-state index in [-0.39, 0.29) is 61.5 Å². The van der Waals surface area contributed by atoms with Crippen molar-refractivity contribution in [3.63, 3.8) is 0 Å². The van der Waals surface area contributed by atoms with Gasteiger partial charge in [-0.05, 0) is 106 Å². The van der Waals surface area contributed by atoms with Gasteiger partial charge in [0.1, 0.15) is 23.8 Å². The first-order valence-corrected chi connectivity index (χ1v) is 21.3. The molecular weight excluding hydrogens is 827 g/mol. The molecule has 64 heavy (non-hydrogen) atoms. The number of unbranched alkanes of at least 4 members (excludes halogenated alkanes) is 3. The highest BCUT2D eigenvalue weighted by Crippen LogP contribution is 2.45. The molecule has 6 N–H and O–H groups in total. The predicted octanol–water partition coefficient (Wildman–Crippen LogP) is 6.47. The maximum absolute atomic E-state index is 13.9. The van der Waals surface area contributed by atoms with Crippen LogP contribution in [0, 0.1) is 11.3 Å². The van der Waals surface area contributed by atoms with E-state index in [2.05, 4.69) is 16.0 Å². The van der Waals surface area contributed by atoms with Gasteiger partial charge in [-0.25, -0.2) is 19.2 Å². The predicted molar refractivity (Wildman–Crippen MR) is 237 cm³/mol. The van der Waals surface area contributed by atoms with Crippen molar-refractivity contribution < 1.29 is 57.7 Å². The molecular formula is C47H57N5O12. The lowest BCUT2D eigenvalue weighted by atomic mass is 9.61. The molecule has 6 amide bonds. The van der Waals surface area contributed by atoms with E-state index in [1.165, 1.54) is 41.3 Å². The molecule has 1 fully saturated rings. The zero-order chi connectivity index (χ0) is 46.9. The van der Waals surface area contributed by atoms with Gasteiger partial charge in [0.15, 0.2) is 0 Å². The highest BCUT2D eigenvalue weighted by molar-refractivity contribution is 6.13. The summed E-state index contributed by atoms with van der Waals surface area (Å²) >= 11 is 0. The quantitative estimate of drug-likeness (QED) is 0.0250. The molecule has 0 saturated heterocycles. The van der Waals surface area contributed by atoms with E-state index in [9.17, 15) is 43.2 Å². The van der Waals surface area contributed by atoms with Crippen LogP contribution >= 0.6 is 0 Å². The number of carbonyl (C=O) groups excluding carboxylic acids is 8. The number of nitrogens with zero attached hydrogens (tertiary/aromatic N) is 1. The Hall–Kier alpha value is -6.91. The normalized spacial score (nSPS) is 14.8. The number of ketones is 2. The molecule has 342 valence electrons. The van der Waals surface area contributed by atoms with Crippen molar-refractivity contribution in [1.29, 1.82) is 0 Å². The average Bonchev–Trinajstić information content (AvgIpc) is 3.53. The van der Waals surface area contributed by atoms with Crippen molar-refractivity contribution in [3.8, 4) is 0 Å². The number of hydrogen-bond acceptors (Lipinski definition) is 11. The number of carboxylic acid groups (broad SMARTS) is 1. The smallest absolute Gasteiger partial charge is 0.411 e. The molecule has 17 heteroatoms. The lowest BCUT2D eigenvalue weighted by Crippen LogP contribution is -2.46. The number of carboxylic acids is 1. The van der Waals surface area contributed by atoms with Crippen molar-refractivity contribution in [1.82, 2.24) is 10.2 Å². The summed E-state index contributed by atoms with van der Waals surface area (Å²) in [5.74, 6) is -4.11. The molecule has 0 spiro atoms. The van der Waals surface area contributed by atoms with E-state index < -0.39 is 46.9 Å². The van der Waals surface area contributed by atoms with Crippen molar-refractivity contribution in [3.05, 3.63) is 83.5 Å². The Labute approximate surface area is 371 Å². The molecule has 0 unspecified atom stereocenters. The Kier molecular flexibility index (Phi) is 18.3. The number of aliphatic carboxylic acids is 1. The number of carbonyl (C=O) groups is 9. The minimum Gasteiger partial charge on any atom is -0.478 e. The van der Waals surface area contributed by atoms with Gasteiger partial charge in [0.05, 0.1) is 11.1 Å². The van der Waals surface area contributed by atoms with Crippen LogP contribution in [0.15, 0.2) is 66.8 Å². The number of primary amides is 1. The lowest BCUT2D eigenvalue weighted by molar-refractivity contribution is -0.149. The van der Waals surface area contributed by atoms with Crippen LogP contribution in [0.5, 0.6) is 0 Å². The van der Waals surface area contributed by atoms with Crippen LogP contribution in [-0.4, -0.2) is 82.0 Å². The van der Waals surface area contributed by atoms with E-state index in [4.69, 9.17) is 20.3 Å². The van der Waals surface area contributed by atoms with Gasteiger partial charge in [-0.1, -0.05) is 43.5 Å². The Morgan fingerprint density at radius 1 is 0.859 bits per heavy atom. The second-order valence-electron chi connectivity index (χ2n) is 16.7. The minimum absolute atomic E-state index is 0.143. The fraction of sp³-hybridized carbons (Fsp3) is 0.426. The van der Waals surface area contributed by atoms with E-state index >= 15 is 0 Å². The number of nitrogens with one attached hydrogen (secondary N) is 3. The summed E-state index contributed by atoms with van der Waals surface area (Å²) in [7, 11) is 0. The van der Waals surface area contributed by atoms with Crippen LogP contribution in [0.3, 0.4) is 0 Å². The molecule has 4 rings (SSSR count). The van der Waals surface area contributed by atoms with Crippen molar-refractivity contribution >= 4 is 76.9 Å². The monoisotopic (exact) mass is 883 g/mol. The molecule has 2 aromatic carbocycles. The number of amides is 6. The SMILES string of the molecule is CC(C)(C)OC(=O)/C=C/c1ccc(/C=C/C(=O)O)cc1NC(=O)OCc1ccc(NC(=O)[C@H](CCCNC(N)=O)CC(=O)C2(C(=O)CCCCCCN3C(=O)C=CC3=O)CCC2)cc1. The first-order valence-electron chi connectivity index (χ1n) is 21.3. The largest absolute Gasteiger partial charge is 0.478 e. The van der Waals surface area contributed by atoms with Crippen LogP contribution in [-0.2, 0) is 49.6 Å². The number of rotatable bonds is 24. The fourth-order valence-electron chi connectivity index (χ4n) is 7.16. The molecule has 17 nitrogen and oxygen atoms in total. The maximum atomic E-state index is 13.9. The molecule has 0 bridgehead atoms. The van der Waals surface area contributed by atoms with Crippen LogP contribution < -0.4 is 21.7 Å². The number of nitrogens with two attached hydrogens (primary N) is 1. The van der Waals surface area contributed by atoms with Crippen molar-refractivity contribution in [2.24, 2.45) is 17.1 Å². The van der Waals surface area contributed by atoms with Crippen LogP contribution in [0.25, 0.3) is 12.2 Å². The summed E-state index contributed by atoms with van der Waals surface area (Å²) in [5, 5.41) is 17.0. The average molecular weight is 884 g/mol. The van der Waals surface area contributed by atoms with Gasteiger partial charge >= 0.3 is 24.1 Å². The van der Waals surface area contributed by atoms with E-state index in [1.807, 2.05) is 0 Å². The first kappa shape index (κ1) is 49.7. The zero-order valence-electron chi connectivity index (χ0n) is 36.4. The van der Waals surface area contributed by atoms with Gasteiger partial charge in [-0.2, -0.15) is 0 Å². The third-order valence-corrected chi connectivity index (χ3v) is 10.7. The van der Waals surface area contributed by atoms with Gasteiger partial charge in [0, 0.05) is 61.8 Å². The number of imide groups is 1. The molecule has 1 saturated carbocycles. The Morgan fingerprint density at radius 3 is 2.17 bits per heavy atom. The molecule has 1 aliphatic heterocycles. The van der Waals surface area contributed by atoms with Crippen LogP contribution in [0.4, 0.5) is 21.0 Å². The van der Waals surface area contributed by atoms with Gasteiger partial charge in [-0.15, -0.1) is 0 Å². The van der Waals surface area contributed by atoms with E-state index in [0.717, 1.165) is 6.08 Å². The van der Waals surface area contributed by atoms with Crippen molar-refractivity contribution in [2.75, 3.05) is 23.7 Å². The molecule has 1 atom stereocenters. The van der Waals surface area contributed by atoms with E-state index in [0.29, 0.717) is 80.3 Å². The molecule has 2 aromatic rings. The topological polar surface area (TPSA) is 258 Å². The highest BCUT2D eigenvalue weighted by Gasteiger charge is 2.49. The number of anilines is 2. The third kappa shape index (κ3) is 15.8.